The molecule has 1 aliphatic heterocycles. The van der Waals surface area contributed by atoms with Crippen LogP contribution in [0.25, 0.3) is 0 Å². The number of anilines is 2. The molecule has 0 saturated heterocycles. The molecule has 26 heavy (non-hydrogen) atoms. The van der Waals surface area contributed by atoms with Crippen molar-refractivity contribution in [1.29, 1.82) is 0 Å². The van der Waals surface area contributed by atoms with E-state index in [9.17, 15) is 4.79 Å². The molecule has 0 saturated carbocycles. The Morgan fingerprint density at radius 1 is 0.923 bits per heavy atom. The van der Waals surface area contributed by atoms with Crippen LogP contribution >= 0.6 is 11.6 Å². The summed E-state index contributed by atoms with van der Waals surface area (Å²) < 4.78 is 0. The number of halogens is 1. The number of amides is 1. The molecule has 3 aromatic rings. The second-order valence-corrected chi connectivity index (χ2v) is 6.27. The van der Waals surface area contributed by atoms with Gasteiger partial charge in [0.25, 0.3) is 5.91 Å². The normalized spacial score (nSPS) is 14.6. The third-order valence-electron chi connectivity index (χ3n) is 4.10. The number of hydrogen-bond acceptors (Lipinski definition) is 3. The molecule has 3 aromatic carbocycles. The van der Waals surface area contributed by atoms with Gasteiger partial charge in [-0.1, -0.05) is 65.3 Å². The molecule has 0 unspecified atom stereocenters. The summed E-state index contributed by atoms with van der Waals surface area (Å²) in [5, 5.41) is 4.76. The topological polar surface area (TPSA) is 41.9 Å². The average Bonchev–Trinajstić information content (AvgIpc) is 2.94. The van der Waals surface area contributed by atoms with E-state index >= 15 is 0 Å². The molecular weight excluding hydrogens is 348 g/mol. The standard InChI is InChI=1S/C21H15ClN2O2/c22-16-8-6-7-15(13-16)14-26-23-20-18-11-4-5-12-19(18)24(21(20)25)17-9-2-1-3-10-17/h1-13H,14H2/b23-20-. The predicted octanol–water partition coefficient (Wildman–Crippen LogP) is 4.94. The van der Waals surface area contributed by atoms with Crippen LogP contribution in [-0.2, 0) is 16.2 Å². The number of benzene rings is 3. The van der Waals surface area contributed by atoms with Gasteiger partial charge in [-0.05, 0) is 35.9 Å². The molecule has 0 bridgehead atoms. The molecule has 0 aromatic heterocycles. The second kappa shape index (κ2) is 7.02. The smallest absolute Gasteiger partial charge is 0.285 e. The number of para-hydroxylation sites is 2. The molecule has 0 N–H and O–H groups in total. The first kappa shape index (κ1) is 16.4. The number of fused-ring (bicyclic) bond motifs is 1. The third kappa shape index (κ3) is 3.07. The van der Waals surface area contributed by atoms with Crippen LogP contribution in [0.4, 0.5) is 11.4 Å². The fourth-order valence-corrected chi connectivity index (χ4v) is 3.13. The lowest BCUT2D eigenvalue weighted by molar-refractivity contribution is -0.111. The molecule has 0 fully saturated rings. The Labute approximate surface area is 156 Å². The molecule has 1 amide bonds. The Balaban J connectivity index is 1.63. The van der Waals surface area contributed by atoms with Crippen molar-refractivity contribution >= 4 is 34.6 Å². The molecule has 5 heteroatoms. The summed E-state index contributed by atoms with van der Waals surface area (Å²) in [6.07, 6.45) is 0. The highest BCUT2D eigenvalue weighted by Crippen LogP contribution is 2.35. The van der Waals surface area contributed by atoms with Gasteiger partial charge in [-0.3, -0.25) is 9.69 Å². The van der Waals surface area contributed by atoms with Crippen molar-refractivity contribution in [3.63, 3.8) is 0 Å². The van der Waals surface area contributed by atoms with Crippen molar-refractivity contribution in [2.45, 2.75) is 6.61 Å². The molecule has 128 valence electrons. The lowest BCUT2D eigenvalue weighted by Crippen LogP contribution is -2.25. The number of oxime groups is 1. The maximum Gasteiger partial charge on any atom is 0.285 e. The van der Waals surface area contributed by atoms with Crippen LogP contribution in [0.5, 0.6) is 0 Å². The fourth-order valence-electron chi connectivity index (χ4n) is 2.92. The van der Waals surface area contributed by atoms with Gasteiger partial charge >= 0.3 is 0 Å². The van der Waals surface area contributed by atoms with Crippen molar-refractivity contribution in [2.75, 3.05) is 4.90 Å². The maximum atomic E-state index is 13.0. The van der Waals surface area contributed by atoms with Gasteiger partial charge in [-0.25, -0.2) is 0 Å². The first-order chi connectivity index (χ1) is 12.7. The Bertz CT molecular complexity index is 986. The lowest BCUT2D eigenvalue weighted by atomic mass is 10.1. The second-order valence-electron chi connectivity index (χ2n) is 5.84. The van der Waals surface area contributed by atoms with Crippen LogP contribution in [0.1, 0.15) is 11.1 Å². The lowest BCUT2D eigenvalue weighted by Gasteiger charge is -2.16. The zero-order valence-corrected chi connectivity index (χ0v) is 14.6. The molecule has 1 heterocycles. The third-order valence-corrected chi connectivity index (χ3v) is 4.33. The van der Waals surface area contributed by atoms with Crippen molar-refractivity contribution in [3.8, 4) is 0 Å². The first-order valence-corrected chi connectivity index (χ1v) is 8.55. The van der Waals surface area contributed by atoms with Crippen molar-refractivity contribution in [2.24, 2.45) is 5.16 Å². The monoisotopic (exact) mass is 362 g/mol. The van der Waals surface area contributed by atoms with Gasteiger partial charge in [0.2, 0.25) is 0 Å². The first-order valence-electron chi connectivity index (χ1n) is 8.17. The van der Waals surface area contributed by atoms with E-state index < -0.39 is 0 Å². The summed E-state index contributed by atoms with van der Waals surface area (Å²) in [4.78, 5) is 20.1. The van der Waals surface area contributed by atoms with E-state index in [1.54, 1.807) is 11.0 Å². The van der Waals surface area contributed by atoms with E-state index in [4.69, 9.17) is 16.4 Å². The zero-order chi connectivity index (χ0) is 17.9. The van der Waals surface area contributed by atoms with Crippen LogP contribution in [0.3, 0.4) is 0 Å². The minimum absolute atomic E-state index is 0.205. The predicted molar refractivity (Wildman–Crippen MR) is 103 cm³/mol. The minimum atomic E-state index is -0.205. The van der Waals surface area contributed by atoms with Crippen LogP contribution in [0.2, 0.25) is 5.02 Å². The van der Waals surface area contributed by atoms with E-state index in [1.807, 2.05) is 72.8 Å². The van der Waals surface area contributed by atoms with Gasteiger partial charge in [0.1, 0.15) is 6.61 Å². The van der Waals surface area contributed by atoms with Crippen LogP contribution in [0, 0.1) is 0 Å². The van der Waals surface area contributed by atoms with E-state index in [1.165, 1.54) is 0 Å². The summed E-state index contributed by atoms with van der Waals surface area (Å²) in [5.74, 6) is -0.205. The molecule has 0 aliphatic carbocycles. The number of hydrogen-bond donors (Lipinski definition) is 0. The summed E-state index contributed by atoms with van der Waals surface area (Å²) in [5.41, 5.74) is 3.54. The van der Waals surface area contributed by atoms with E-state index in [2.05, 4.69) is 5.16 Å². The highest BCUT2D eigenvalue weighted by Gasteiger charge is 2.35. The van der Waals surface area contributed by atoms with Gasteiger partial charge in [-0.15, -0.1) is 0 Å². The number of carbonyl (C=O) groups excluding carboxylic acids is 1. The average molecular weight is 363 g/mol. The van der Waals surface area contributed by atoms with Gasteiger partial charge < -0.3 is 4.84 Å². The molecule has 0 spiro atoms. The van der Waals surface area contributed by atoms with Crippen LogP contribution < -0.4 is 4.90 Å². The molecule has 1 aliphatic rings. The Kier molecular flexibility index (Phi) is 4.42. The molecule has 4 rings (SSSR count). The quantitative estimate of drug-likeness (QED) is 0.617. The number of nitrogens with zero attached hydrogens (tertiary/aromatic N) is 2. The summed E-state index contributed by atoms with van der Waals surface area (Å²) in [6.45, 7) is 0.241. The van der Waals surface area contributed by atoms with E-state index in [0.717, 1.165) is 22.5 Å². The summed E-state index contributed by atoms with van der Waals surface area (Å²) in [6, 6.07) is 24.4. The van der Waals surface area contributed by atoms with Gasteiger partial charge in [0.05, 0.1) is 5.69 Å². The van der Waals surface area contributed by atoms with Gasteiger partial charge in [-0.2, -0.15) is 0 Å². The molecule has 0 radical (unpaired) electrons. The minimum Gasteiger partial charge on any atom is -0.390 e. The van der Waals surface area contributed by atoms with Crippen molar-refractivity contribution in [3.05, 3.63) is 95.0 Å². The van der Waals surface area contributed by atoms with Crippen LogP contribution in [-0.4, -0.2) is 11.6 Å². The summed E-state index contributed by atoms with van der Waals surface area (Å²) in [7, 11) is 0. The zero-order valence-electron chi connectivity index (χ0n) is 13.8. The van der Waals surface area contributed by atoms with E-state index in [0.29, 0.717) is 10.7 Å². The summed E-state index contributed by atoms with van der Waals surface area (Å²) >= 11 is 5.98. The molecular formula is C21H15ClN2O2. The van der Waals surface area contributed by atoms with Crippen molar-refractivity contribution in [1.82, 2.24) is 0 Å². The fraction of sp³-hybridized carbons (Fsp3) is 0.0476. The highest BCUT2D eigenvalue weighted by atomic mass is 35.5. The number of rotatable bonds is 4. The molecule has 0 atom stereocenters. The number of carbonyl (C=O) groups is 1. The maximum absolute atomic E-state index is 13.0. The Morgan fingerprint density at radius 2 is 1.69 bits per heavy atom. The SMILES string of the molecule is O=C1/C(=N\OCc2cccc(Cl)c2)c2ccccc2N1c1ccccc1. The molecule has 4 nitrogen and oxygen atoms in total. The largest absolute Gasteiger partial charge is 0.390 e. The Morgan fingerprint density at radius 3 is 2.50 bits per heavy atom. The van der Waals surface area contributed by atoms with Crippen LogP contribution in [0.15, 0.2) is 84.0 Å². The van der Waals surface area contributed by atoms with Crippen molar-refractivity contribution < 1.29 is 9.63 Å². The highest BCUT2D eigenvalue weighted by molar-refractivity contribution is 6.55. The van der Waals surface area contributed by atoms with Gasteiger partial charge in [0, 0.05) is 16.3 Å². The Hall–Kier alpha value is -3.11. The van der Waals surface area contributed by atoms with E-state index in [-0.39, 0.29) is 12.5 Å². The van der Waals surface area contributed by atoms with Gasteiger partial charge in [0.15, 0.2) is 5.71 Å².